The number of carbonyl (C=O) groups excluding carboxylic acids is 2. The Kier molecular flexibility index (Phi) is 7.14. The van der Waals surface area contributed by atoms with E-state index < -0.39 is 11.2 Å². The summed E-state index contributed by atoms with van der Waals surface area (Å²) in [6, 6.07) is 12.1. The van der Waals surface area contributed by atoms with Gasteiger partial charge in [-0.1, -0.05) is 23.9 Å². The predicted molar refractivity (Wildman–Crippen MR) is 105 cm³/mol. The lowest BCUT2D eigenvalue weighted by atomic mass is 10.1. The largest absolute Gasteiger partial charge is 0.462 e. The van der Waals surface area contributed by atoms with Crippen LogP contribution in [0.15, 0.2) is 35.4 Å². The minimum Gasteiger partial charge on any atom is -0.462 e. The van der Waals surface area contributed by atoms with E-state index in [0.717, 1.165) is 11.8 Å². The van der Waals surface area contributed by atoms with E-state index in [0.29, 0.717) is 22.0 Å². The molecule has 28 heavy (non-hydrogen) atoms. The molecule has 0 saturated carbocycles. The van der Waals surface area contributed by atoms with Crippen molar-refractivity contribution in [3.63, 3.8) is 0 Å². The van der Waals surface area contributed by atoms with Gasteiger partial charge < -0.3 is 10.1 Å². The van der Waals surface area contributed by atoms with Crippen molar-refractivity contribution in [2.45, 2.75) is 31.0 Å². The van der Waals surface area contributed by atoms with Crippen LogP contribution < -0.4 is 5.32 Å². The molecule has 1 aromatic carbocycles. The van der Waals surface area contributed by atoms with E-state index in [9.17, 15) is 14.9 Å². The lowest BCUT2D eigenvalue weighted by Gasteiger charge is -2.14. The molecule has 0 spiro atoms. The van der Waals surface area contributed by atoms with Crippen LogP contribution in [0.5, 0.6) is 0 Å². The molecule has 1 N–H and O–H groups in total. The van der Waals surface area contributed by atoms with Gasteiger partial charge in [-0.25, -0.2) is 9.78 Å². The number of nitrogens with zero attached hydrogens (tertiary/aromatic N) is 3. The molecule has 0 bridgehead atoms. The molecule has 0 fully saturated rings. The van der Waals surface area contributed by atoms with Gasteiger partial charge in [0.15, 0.2) is 0 Å². The zero-order valence-corrected chi connectivity index (χ0v) is 16.5. The second-order valence-corrected chi connectivity index (χ2v) is 7.04. The van der Waals surface area contributed by atoms with Crippen molar-refractivity contribution in [3.05, 3.63) is 52.7 Å². The van der Waals surface area contributed by atoms with Crippen LogP contribution in [-0.2, 0) is 9.53 Å². The second kappa shape index (κ2) is 9.54. The number of hydrogen-bond donors (Lipinski definition) is 1. The highest BCUT2D eigenvalue weighted by molar-refractivity contribution is 8.00. The summed E-state index contributed by atoms with van der Waals surface area (Å²) in [6.07, 6.45) is 0. The molecular formula is C20H18N4O3S. The molecule has 1 aromatic heterocycles. The number of aryl methyl sites for hydroxylation is 1. The van der Waals surface area contributed by atoms with E-state index in [1.54, 1.807) is 45.0 Å². The lowest BCUT2D eigenvalue weighted by molar-refractivity contribution is -0.115. The van der Waals surface area contributed by atoms with Crippen LogP contribution in [0.3, 0.4) is 0 Å². The van der Waals surface area contributed by atoms with Gasteiger partial charge in [0.2, 0.25) is 5.91 Å². The zero-order chi connectivity index (χ0) is 20.7. The fraction of sp³-hybridized carbons (Fsp3) is 0.250. The van der Waals surface area contributed by atoms with Gasteiger partial charge >= 0.3 is 5.97 Å². The van der Waals surface area contributed by atoms with Gasteiger partial charge in [0, 0.05) is 0 Å². The molecular weight excluding hydrogens is 376 g/mol. The topological polar surface area (TPSA) is 116 Å². The number of carbonyl (C=O) groups is 2. The number of hydrogen-bond acceptors (Lipinski definition) is 7. The minimum atomic E-state index is -0.584. The van der Waals surface area contributed by atoms with Crippen molar-refractivity contribution in [1.29, 1.82) is 10.5 Å². The monoisotopic (exact) mass is 394 g/mol. The highest BCUT2D eigenvalue weighted by Gasteiger charge is 2.21. The van der Waals surface area contributed by atoms with Gasteiger partial charge in [-0.05, 0) is 39.0 Å². The number of pyridine rings is 1. The molecule has 0 saturated heterocycles. The number of anilines is 1. The first kappa shape index (κ1) is 20.9. The van der Waals surface area contributed by atoms with Crippen LogP contribution in [0.25, 0.3) is 0 Å². The second-order valence-electron chi connectivity index (χ2n) is 5.71. The SMILES string of the molecule is CCOC(=O)c1cc(C#N)c(S[C@H](C)C(=O)Nc2ccccc2C#N)nc1C. The third kappa shape index (κ3) is 4.87. The molecule has 0 aliphatic heterocycles. The Bertz CT molecular complexity index is 992. The fourth-order valence-corrected chi connectivity index (χ4v) is 3.24. The van der Waals surface area contributed by atoms with Gasteiger partial charge in [0.25, 0.3) is 0 Å². The van der Waals surface area contributed by atoms with Crippen molar-refractivity contribution in [1.82, 2.24) is 4.98 Å². The number of nitriles is 2. The van der Waals surface area contributed by atoms with E-state index >= 15 is 0 Å². The molecule has 0 aliphatic carbocycles. The van der Waals surface area contributed by atoms with Crippen LogP contribution >= 0.6 is 11.8 Å². The van der Waals surface area contributed by atoms with Crippen LogP contribution in [0.2, 0.25) is 0 Å². The Hall–Kier alpha value is -3.36. The summed E-state index contributed by atoms with van der Waals surface area (Å²) in [5.41, 5.74) is 1.61. The van der Waals surface area contributed by atoms with Gasteiger partial charge in [0.05, 0.1) is 39.9 Å². The van der Waals surface area contributed by atoms with Gasteiger partial charge in [0.1, 0.15) is 17.2 Å². The summed E-state index contributed by atoms with van der Waals surface area (Å²) < 4.78 is 4.97. The number of thioether (sulfide) groups is 1. The Morgan fingerprint density at radius 2 is 1.93 bits per heavy atom. The number of aromatic nitrogens is 1. The first-order valence-corrected chi connectivity index (χ1v) is 9.34. The van der Waals surface area contributed by atoms with E-state index in [1.165, 1.54) is 6.07 Å². The molecule has 2 rings (SSSR count). The summed E-state index contributed by atoms with van der Waals surface area (Å²) in [7, 11) is 0. The normalized spacial score (nSPS) is 11.0. The fourth-order valence-electron chi connectivity index (χ4n) is 2.31. The highest BCUT2D eigenvalue weighted by atomic mass is 32.2. The maximum atomic E-state index is 12.5. The maximum Gasteiger partial charge on any atom is 0.340 e. The zero-order valence-electron chi connectivity index (χ0n) is 15.6. The molecule has 0 radical (unpaired) electrons. The number of ether oxygens (including phenoxy) is 1. The molecule has 1 atom stereocenters. The molecule has 7 nitrogen and oxygen atoms in total. The van der Waals surface area contributed by atoms with Gasteiger partial charge in [-0.3, -0.25) is 4.79 Å². The van der Waals surface area contributed by atoms with Crippen LogP contribution in [0.1, 0.15) is 41.0 Å². The Morgan fingerprint density at radius 3 is 2.57 bits per heavy atom. The van der Waals surface area contributed by atoms with E-state index in [4.69, 9.17) is 10.00 Å². The number of esters is 1. The third-order valence-corrected chi connectivity index (χ3v) is 4.86. The summed E-state index contributed by atoms with van der Waals surface area (Å²) in [4.78, 5) is 28.8. The van der Waals surface area contributed by atoms with Crippen molar-refractivity contribution in [2.24, 2.45) is 0 Å². The van der Waals surface area contributed by atoms with Crippen molar-refractivity contribution in [2.75, 3.05) is 11.9 Å². The maximum absolute atomic E-state index is 12.5. The van der Waals surface area contributed by atoms with Crippen LogP contribution in [0.4, 0.5) is 5.69 Å². The number of para-hydroxylation sites is 1. The quantitative estimate of drug-likeness (QED) is 0.589. The summed E-state index contributed by atoms with van der Waals surface area (Å²) >= 11 is 1.10. The van der Waals surface area contributed by atoms with E-state index in [2.05, 4.69) is 10.3 Å². The average Bonchev–Trinajstić information content (AvgIpc) is 2.68. The van der Waals surface area contributed by atoms with Gasteiger partial charge in [-0.15, -0.1) is 0 Å². The summed E-state index contributed by atoms with van der Waals surface area (Å²) in [6.45, 7) is 5.23. The number of benzene rings is 1. The first-order chi connectivity index (χ1) is 13.4. The lowest BCUT2D eigenvalue weighted by Crippen LogP contribution is -2.23. The van der Waals surface area contributed by atoms with Crippen molar-refractivity contribution < 1.29 is 14.3 Å². The standard InChI is InChI=1S/C20H18N4O3S/c1-4-27-20(26)16-9-15(11-22)19(23-12(16)2)28-13(3)18(25)24-17-8-6-5-7-14(17)10-21/h5-9,13H,4H2,1-3H3,(H,24,25)/t13-/m1/s1. The number of amides is 1. The van der Waals surface area contributed by atoms with E-state index in [1.807, 2.05) is 12.1 Å². The molecule has 2 aromatic rings. The summed E-state index contributed by atoms with van der Waals surface area (Å²) in [5.74, 6) is -0.870. The Morgan fingerprint density at radius 1 is 1.25 bits per heavy atom. The summed E-state index contributed by atoms with van der Waals surface area (Å²) in [5, 5.41) is 21.0. The van der Waals surface area contributed by atoms with E-state index in [-0.39, 0.29) is 23.6 Å². The van der Waals surface area contributed by atoms with Crippen molar-refractivity contribution >= 4 is 29.3 Å². The average molecular weight is 394 g/mol. The minimum absolute atomic E-state index is 0.190. The molecule has 0 aliphatic rings. The van der Waals surface area contributed by atoms with Gasteiger partial charge in [-0.2, -0.15) is 10.5 Å². The third-order valence-electron chi connectivity index (χ3n) is 3.76. The smallest absolute Gasteiger partial charge is 0.340 e. The first-order valence-electron chi connectivity index (χ1n) is 8.46. The molecule has 0 unspecified atom stereocenters. The molecule has 8 heteroatoms. The number of rotatable bonds is 6. The Labute approximate surface area is 167 Å². The molecule has 142 valence electrons. The van der Waals surface area contributed by atoms with Crippen LogP contribution in [-0.4, -0.2) is 28.7 Å². The molecule has 1 amide bonds. The Balaban J connectivity index is 2.21. The van der Waals surface area contributed by atoms with Crippen molar-refractivity contribution in [3.8, 4) is 12.1 Å². The number of nitrogens with one attached hydrogen (secondary N) is 1. The molecule has 1 heterocycles. The van der Waals surface area contributed by atoms with Crippen LogP contribution in [0, 0.1) is 29.6 Å². The predicted octanol–water partition coefficient (Wildman–Crippen LogP) is 3.43. The highest BCUT2D eigenvalue weighted by Crippen LogP contribution is 2.28.